The standard InChI is InChI=1S/C24H24Cl2N2O5S/c1-16(15-32-2)14-27-24(29)20-13-17(25)7-12-22(20)28-34(30,31)19-10-8-18(9-11-19)33-23-6-4-3-5-21(23)26/h3-13,16,28H,14-15H2,1-2H3,(H,27,29)/t16-/m0/s1. The first-order valence-electron chi connectivity index (χ1n) is 10.3. The largest absolute Gasteiger partial charge is 0.456 e. The van der Waals surface area contributed by atoms with Crippen molar-refractivity contribution in [2.75, 3.05) is 25.0 Å². The molecule has 2 N–H and O–H groups in total. The summed E-state index contributed by atoms with van der Waals surface area (Å²) in [5.74, 6) is 0.504. The zero-order valence-corrected chi connectivity index (χ0v) is 20.9. The molecule has 0 saturated carbocycles. The Bertz CT molecular complexity index is 1250. The molecule has 0 bridgehead atoms. The van der Waals surface area contributed by atoms with Crippen LogP contribution in [0.3, 0.4) is 0 Å². The fourth-order valence-electron chi connectivity index (χ4n) is 3.04. The predicted octanol–water partition coefficient (Wildman–Crippen LogP) is 5.60. The van der Waals surface area contributed by atoms with Crippen LogP contribution in [-0.2, 0) is 14.8 Å². The highest BCUT2D eigenvalue weighted by molar-refractivity contribution is 7.92. The minimum absolute atomic E-state index is 0.00552. The van der Waals surface area contributed by atoms with Gasteiger partial charge in [0, 0.05) is 18.7 Å². The van der Waals surface area contributed by atoms with Crippen molar-refractivity contribution in [1.29, 1.82) is 0 Å². The molecule has 0 aromatic heterocycles. The van der Waals surface area contributed by atoms with Crippen LogP contribution in [0.4, 0.5) is 5.69 Å². The van der Waals surface area contributed by atoms with Crippen molar-refractivity contribution in [1.82, 2.24) is 5.32 Å². The maximum atomic E-state index is 13.0. The van der Waals surface area contributed by atoms with Gasteiger partial charge < -0.3 is 14.8 Å². The third-order valence-corrected chi connectivity index (χ3v) is 6.66. The number of rotatable bonds is 10. The second kappa shape index (κ2) is 11.6. The van der Waals surface area contributed by atoms with Gasteiger partial charge in [0.15, 0.2) is 0 Å². The summed E-state index contributed by atoms with van der Waals surface area (Å²) < 4.78 is 39.2. The van der Waals surface area contributed by atoms with E-state index in [1.807, 2.05) is 6.92 Å². The minimum Gasteiger partial charge on any atom is -0.456 e. The average Bonchev–Trinajstić information content (AvgIpc) is 2.80. The van der Waals surface area contributed by atoms with E-state index in [0.29, 0.717) is 34.7 Å². The van der Waals surface area contributed by atoms with Gasteiger partial charge in [0.25, 0.3) is 15.9 Å². The third kappa shape index (κ3) is 6.87. The van der Waals surface area contributed by atoms with E-state index in [0.717, 1.165) is 0 Å². The fourth-order valence-corrected chi connectivity index (χ4v) is 4.47. The molecule has 10 heteroatoms. The monoisotopic (exact) mass is 522 g/mol. The molecule has 0 aliphatic rings. The van der Waals surface area contributed by atoms with Gasteiger partial charge in [-0.2, -0.15) is 0 Å². The van der Waals surface area contributed by atoms with Crippen LogP contribution in [0.5, 0.6) is 11.5 Å². The lowest BCUT2D eigenvalue weighted by Gasteiger charge is -2.15. The van der Waals surface area contributed by atoms with E-state index in [9.17, 15) is 13.2 Å². The van der Waals surface area contributed by atoms with Crippen molar-refractivity contribution in [3.8, 4) is 11.5 Å². The van der Waals surface area contributed by atoms with Crippen LogP contribution in [0, 0.1) is 5.92 Å². The summed E-state index contributed by atoms with van der Waals surface area (Å²) in [6, 6.07) is 17.2. The zero-order valence-electron chi connectivity index (χ0n) is 18.5. The number of methoxy groups -OCH3 is 1. The second-order valence-electron chi connectivity index (χ2n) is 7.57. The lowest BCUT2D eigenvalue weighted by molar-refractivity contribution is 0.0935. The van der Waals surface area contributed by atoms with Crippen molar-refractivity contribution < 1.29 is 22.7 Å². The molecular weight excluding hydrogens is 499 g/mol. The first-order valence-corrected chi connectivity index (χ1v) is 12.6. The minimum atomic E-state index is -3.99. The molecule has 0 fully saturated rings. The Labute approximate surface area is 209 Å². The summed E-state index contributed by atoms with van der Waals surface area (Å²) in [6.45, 7) is 2.76. The molecular formula is C24H24Cl2N2O5S. The summed E-state index contributed by atoms with van der Waals surface area (Å²) in [5, 5.41) is 3.51. The molecule has 1 atom stereocenters. The molecule has 180 valence electrons. The van der Waals surface area contributed by atoms with Crippen LogP contribution in [0.25, 0.3) is 0 Å². The van der Waals surface area contributed by atoms with E-state index in [4.69, 9.17) is 32.7 Å². The van der Waals surface area contributed by atoms with Crippen molar-refractivity contribution in [2.45, 2.75) is 11.8 Å². The molecule has 34 heavy (non-hydrogen) atoms. The number of nitrogens with one attached hydrogen (secondary N) is 2. The number of anilines is 1. The summed E-state index contributed by atoms with van der Waals surface area (Å²) in [4.78, 5) is 12.7. The second-order valence-corrected chi connectivity index (χ2v) is 10.1. The third-order valence-electron chi connectivity index (χ3n) is 4.73. The number of para-hydroxylation sites is 1. The molecule has 0 saturated heterocycles. The Morgan fingerprint density at radius 2 is 1.74 bits per heavy atom. The Balaban J connectivity index is 1.77. The molecule has 3 rings (SSSR count). The lowest BCUT2D eigenvalue weighted by atomic mass is 10.1. The molecule has 3 aromatic rings. The summed E-state index contributed by atoms with van der Waals surface area (Å²) >= 11 is 12.2. The number of hydrogen-bond donors (Lipinski definition) is 2. The van der Waals surface area contributed by atoms with E-state index in [-0.39, 0.29) is 22.1 Å². The van der Waals surface area contributed by atoms with Crippen molar-refractivity contribution >= 4 is 44.8 Å². The van der Waals surface area contributed by atoms with Gasteiger partial charge in [-0.1, -0.05) is 42.3 Å². The average molecular weight is 523 g/mol. The fraction of sp³-hybridized carbons (Fsp3) is 0.208. The van der Waals surface area contributed by atoms with E-state index in [2.05, 4.69) is 10.0 Å². The molecule has 7 nitrogen and oxygen atoms in total. The van der Waals surface area contributed by atoms with E-state index < -0.39 is 15.9 Å². The maximum Gasteiger partial charge on any atom is 0.261 e. The van der Waals surface area contributed by atoms with E-state index in [1.54, 1.807) is 31.4 Å². The van der Waals surface area contributed by atoms with Crippen LogP contribution in [0.15, 0.2) is 71.6 Å². The number of carbonyl (C=O) groups excluding carboxylic acids is 1. The van der Waals surface area contributed by atoms with Gasteiger partial charge in [0.1, 0.15) is 11.5 Å². The van der Waals surface area contributed by atoms with Crippen molar-refractivity contribution in [3.05, 3.63) is 82.3 Å². The van der Waals surface area contributed by atoms with Gasteiger partial charge in [-0.3, -0.25) is 9.52 Å². The first kappa shape index (κ1) is 25.8. The number of halogens is 2. The van der Waals surface area contributed by atoms with Gasteiger partial charge in [-0.25, -0.2) is 8.42 Å². The quantitative estimate of drug-likeness (QED) is 0.361. The molecule has 0 aliphatic heterocycles. The van der Waals surface area contributed by atoms with Crippen molar-refractivity contribution in [2.24, 2.45) is 5.92 Å². The summed E-state index contributed by atoms with van der Waals surface area (Å²) in [7, 11) is -2.41. The van der Waals surface area contributed by atoms with E-state index in [1.165, 1.54) is 42.5 Å². The lowest BCUT2D eigenvalue weighted by Crippen LogP contribution is -2.30. The first-order chi connectivity index (χ1) is 16.2. The van der Waals surface area contributed by atoms with Crippen molar-refractivity contribution in [3.63, 3.8) is 0 Å². The number of hydrogen-bond acceptors (Lipinski definition) is 5. The van der Waals surface area contributed by atoms with Crippen LogP contribution in [-0.4, -0.2) is 34.6 Å². The number of amides is 1. The Morgan fingerprint density at radius 3 is 2.41 bits per heavy atom. The van der Waals surface area contributed by atoms with Crippen LogP contribution < -0.4 is 14.8 Å². The topological polar surface area (TPSA) is 93.7 Å². The predicted molar refractivity (Wildman–Crippen MR) is 134 cm³/mol. The van der Waals surface area contributed by atoms with Gasteiger partial charge >= 0.3 is 0 Å². The number of benzene rings is 3. The molecule has 1 amide bonds. The van der Waals surface area contributed by atoms with Crippen LogP contribution in [0.1, 0.15) is 17.3 Å². The van der Waals surface area contributed by atoms with E-state index >= 15 is 0 Å². The Kier molecular flexibility index (Phi) is 8.79. The Hall–Kier alpha value is -2.78. The summed E-state index contributed by atoms with van der Waals surface area (Å²) in [6.07, 6.45) is 0. The van der Waals surface area contributed by atoms with Crippen LogP contribution in [0.2, 0.25) is 10.0 Å². The molecule has 0 heterocycles. The van der Waals surface area contributed by atoms with Gasteiger partial charge in [-0.05, 0) is 60.5 Å². The number of sulfonamides is 1. The molecule has 0 aliphatic carbocycles. The number of ether oxygens (including phenoxy) is 2. The van der Waals surface area contributed by atoms with Gasteiger partial charge in [0.05, 0.1) is 27.8 Å². The normalized spacial score (nSPS) is 12.1. The highest BCUT2D eigenvalue weighted by atomic mass is 35.5. The molecule has 0 spiro atoms. The van der Waals surface area contributed by atoms with Gasteiger partial charge in [-0.15, -0.1) is 0 Å². The van der Waals surface area contributed by atoms with Crippen LogP contribution >= 0.6 is 23.2 Å². The summed E-state index contributed by atoms with van der Waals surface area (Å²) in [5.41, 5.74) is 0.219. The molecule has 0 radical (unpaired) electrons. The maximum absolute atomic E-state index is 13.0. The zero-order chi connectivity index (χ0) is 24.7. The molecule has 0 unspecified atom stereocenters. The SMILES string of the molecule is COC[C@@H](C)CNC(=O)c1cc(Cl)ccc1NS(=O)(=O)c1ccc(Oc2ccccc2Cl)cc1. The van der Waals surface area contributed by atoms with Gasteiger partial charge in [0.2, 0.25) is 0 Å². The number of carbonyl (C=O) groups is 1. The Morgan fingerprint density at radius 1 is 1.03 bits per heavy atom. The highest BCUT2D eigenvalue weighted by Gasteiger charge is 2.20. The molecule has 3 aromatic carbocycles. The smallest absolute Gasteiger partial charge is 0.261 e. The highest BCUT2D eigenvalue weighted by Crippen LogP contribution is 2.30.